The highest BCUT2D eigenvalue weighted by Gasteiger charge is 2.59. The lowest BCUT2D eigenvalue weighted by molar-refractivity contribution is -0.327. The summed E-state index contributed by atoms with van der Waals surface area (Å²) in [6, 6.07) is 17.2. The molecular formula is C37H45NO15. The fourth-order valence-electron chi connectivity index (χ4n) is 5.32. The molecule has 0 spiro atoms. The molecule has 0 aliphatic carbocycles. The van der Waals surface area contributed by atoms with E-state index in [9.17, 15) is 33.6 Å². The van der Waals surface area contributed by atoms with Gasteiger partial charge in [0.25, 0.3) is 5.79 Å². The number of Topliss-reactive ketones (excluding diaryl/α,β-unsaturated/α-hetero) is 1. The predicted molar refractivity (Wildman–Crippen MR) is 182 cm³/mol. The standard InChI is InChI=1S/C37H45NO15/c1-24(39)46-23-32(51-26(3)41)34-33(52-27(4)42)31(50-25(2)40)20-37(53-34,35(44)47-22-30(43)29-16-10-6-11-17-29)49-19-13-7-12-18-38-36(45)48-21-28-14-8-5-9-15-28/h5-6,8-11,14-17,31-34H,7,12-13,18-23H2,1-4H3,(H,38,45)/t31-,32-,33-,34?,37-/m1/s1. The zero-order chi connectivity index (χ0) is 38.8. The van der Waals surface area contributed by atoms with E-state index < -0.39 is 91.6 Å². The van der Waals surface area contributed by atoms with Crippen molar-refractivity contribution in [2.45, 2.75) is 90.2 Å². The van der Waals surface area contributed by atoms with Gasteiger partial charge in [0.2, 0.25) is 0 Å². The number of esters is 5. The van der Waals surface area contributed by atoms with Crippen molar-refractivity contribution in [3.8, 4) is 0 Å². The van der Waals surface area contributed by atoms with Crippen LogP contribution in [0.15, 0.2) is 60.7 Å². The second-order valence-electron chi connectivity index (χ2n) is 12.0. The smallest absolute Gasteiger partial charge is 0.407 e. The molecule has 1 unspecified atom stereocenters. The molecule has 1 heterocycles. The summed E-state index contributed by atoms with van der Waals surface area (Å²) < 4.78 is 44.3. The Morgan fingerprint density at radius 2 is 1.43 bits per heavy atom. The summed E-state index contributed by atoms with van der Waals surface area (Å²) in [7, 11) is 0. The van der Waals surface area contributed by atoms with Crippen LogP contribution in [-0.4, -0.2) is 98.3 Å². The summed E-state index contributed by atoms with van der Waals surface area (Å²) in [6.07, 6.45) is -5.91. The van der Waals surface area contributed by atoms with Gasteiger partial charge in [0.05, 0.1) is 13.0 Å². The Kier molecular flexibility index (Phi) is 16.9. The summed E-state index contributed by atoms with van der Waals surface area (Å²) in [5.41, 5.74) is 1.10. The lowest BCUT2D eigenvalue weighted by Crippen LogP contribution is -2.65. The Hall–Kier alpha value is -5.35. The maximum Gasteiger partial charge on any atom is 0.407 e. The number of carbonyl (C=O) groups excluding carboxylic acids is 7. The van der Waals surface area contributed by atoms with Crippen molar-refractivity contribution < 1.29 is 71.5 Å². The molecule has 5 atom stereocenters. The molecule has 1 aliphatic heterocycles. The van der Waals surface area contributed by atoms with Crippen molar-refractivity contribution in [3.63, 3.8) is 0 Å². The molecule has 1 amide bonds. The van der Waals surface area contributed by atoms with Crippen molar-refractivity contribution in [2.24, 2.45) is 0 Å². The molecular weight excluding hydrogens is 698 g/mol. The number of amides is 1. The van der Waals surface area contributed by atoms with Crippen LogP contribution in [0.4, 0.5) is 4.79 Å². The van der Waals surface area contributed by atoms with Gasteiger partial charge in [-0.05, 0) is 24.8 Å². The molecule has 0 radical (unpaired) electrons. The molecule has 288 valence electrons. The number of hydrogen-bond donors (Lipinski definition) is 1. The number of ketones is 1. The molecule has 16 nitrogen and oxygen atoms in total. The third kappa shape index (κ3) is 14.3. The first kappa shape index (κ1) is 42.1. The summed E-state index contributed by atoms with van der Waals surface area (Å²) in [5, 5.41) is 2.66. The molecule has 16 heteroatoms. The molecule has 1 aliphatic rings. The van der Waals surface area contributed by atoms with Crippen molar-refractivity contribution in [3.05, 3.63) is 71.8 Å². The molecule has 53 heavy (non-hydrogen) atoms. The first-order valence-corrected chi connectivity index (χ1v) is 17.0. The van der Waals surface area contributed by atoms with Crippen LogP contribution in [0, 0.1) is 0 Å². The minimum absolute atomic E-state index is 0.114. The van der Waals surface area contributed by atoms with Gasteiger partial charge in [0.1, 0.15) is 25.4 Å². The number of benzene rings is 2. The number of ether oxygens (including phenoxy) is 8. The lowest BCUT2D eigenvalue weighted by atomic mass is 9.91. The molecule has 0 aromatic heterocycles. The monoisotopic (exact) mass is 743 g/mol. The Balaban J connectivity index is 1.81. The predicted octanol–water partition coefficient (Wildman–Crippen LogP) is 3.37. The van der Waals surface area contributed by atoms with Crippen LogP contribution in [0.1, 0.15) is 69.3 Å². The van der Waals surface area contributed by atoms with Crippen LogP contribution in [0.5, 0.6) is 0 Å². The minimum Gasteiger partial charge on any atom is -0.462 e. The molecule has 2 aromatic carbocycles. The third-order valence-electron chi connectivity index (χ3n) is 7.62. The first-order chi connectivity index (χ1) is 25.3. The van der Waals surface area contributed by atoms with E-state index in [4.69, 9.17) is 37.9 Å². The minimum atomic E-state index is -2.41. The highest BCUT2D eigenvalue weighted by molar-refractivity contribution is 5.98. The van der Waals surface area contributed by atoms with Gasteiger partial charge in [-0.3, -0.25) is 24.0 Å². The lowest BCUT2D eigenvalue weighted by Gasteiger charge is -2.46. The van der Waals surface area contributed by atoms with E-state index in [0.29, 0.717) is 19.3 Å². The number of carbonyl (C=O) groups is 7. The Morgan fingerprint density at radius 3 is 2.06 bits per heavy atom. The highest BCUT2D eigenvalue weighted by atomic mass is 16.8. The highest BCUT2D eigenvalue weighted by Crippen LogP contribution is 2.37. The van der Waals surface area contributed by atoms with E-state index >= 15 is 0 Å². The molecule has 1 N–H and O–H groups in total. The first-order valence-electron chi connectivity index (χ1n) is 17.0. The van der Waals surface area contributed by atoms with Crippen LogP contribution in [0.2, 0.25) is 0 Å². The molecule has 0 saturated carbocycles. The van der Waals surface area contributed by atoms with Crippen molar-refractivity contribution in [2.75, 3.05) is 26.4 Å². The number of unbranched alkanes of at least 4 members (excludes halogenated alkanes) is 2. The summed E-state index contributed by atoms with van der Waals surface area (Å²) >= 11 is 0. The number of hydrogen-bond acceptors (Lipinski definition) is 15. The van der Waals surface area contributed by atoms with Crippen LogP contribution >= 0.6 is 0 Å². The second kappa shape index (κ2) is 21.2. The van der Waals surface area contributed by atoms with Crippen LogP contribution in [0.25, 0.3) is 0 Å². The largest absolute Gasteiger partial charge is 0.462 e. The Labute approximate surface area is 306 Å². The summed E-state index contributed by atoms with van der Waals surface area (Å²) in [5.74, 6) is -7.40. The van der Waals surface area contributed by atoms with Crippen LogP contribution in [0.3, 0.4) is 0 Å². The molecule has 1 fully saturated rings. The van der Waals surface area contributed by atoms with E-state index in [1.807, 2.05) is 30.3 Å². The Bertz CT molecular complexity index is 1550. The average Bonchev–Trinajstić information content (AvgIpc) is 3.12. The average molecular weight is 744 g/mol. The zero-order valence-corrected chi connectivity index (χ0v) is 30.1. The van der Waals surface area contributed by atoms with E-state index in [2.05, 4.69) is 5.32 Å². The fraction of sp³-hybridized carbons (Fsp3) is 0.486. The van der Waals surface area contributed by atoms with E-state index in [0.717, 1.165) is 33.3 Å². The second-order valence-corrected chi connectivity index (χ2v) is 12.0. The van der Waals surface area contributed by atoms with Gasteiger partial charge in [-0.2, -0.15) is 0 Å². The molecule has 0 bridgehead atoms. The van der Waals surface area contributed by atoms with Gasteiger partial charge in [-0.25, -0.2) is 9.59 Å². The Morgan fingerprint density at radius 1 is 0.774 bits per heavy atom. The van der Waals surface area contributed by atoms with Crippen molar-refractivity contribution in [1.82, 2.24) is 5.32 Å². The maximum atomic E-state index is 14.0. The SMILES string of the molecule is CC(=O)OC[C@@H](OC(C)=O)C1O[C@@](OCCCCCNC(=O)OCc2ccccc2)(C(=O)OCC(=O)c2ccccc2)C[C@@H](OC(C)=O)[C@H]1OC(C)=O. The number of nitrogens with one attached hydrogen (secondary N) is 1. The van der Waals surface area contributed by atoms with Crippen LogP contribution < -0.4 is 5.32 Å². The van der Waals surface area contributed by atoms with E-state index in [-0.39, 0.29) is 25.3 Å². The normalized spacial score (nSPS) is 19.8. The topological polar surface area (TPSA) is 205 Å². The number of alkyl carbamates (subject to hydrolysis) is 1. The van der Waals surface area contributed by atoms with Crippen molar-refractivity contribution in [1.29, 1.82) is 0 Å². The zero-order valence-electron chi connectivity index (χ0n) is 30.1. The fourth-order valence-corrected chi connectivity index (χ4v) is 5.32. The molecule has 2 aromatic rings. The van der Waals surface area contributed by atoms with E-state index in [1.165, 1.54) is 12.1 Å². The van der Waals surface area contributed by atoms with Gasteiger partial charge < -0.3 is 43.2 Å². The van der Waals surface area contributed by atoms with Gasteiger partial charge in [0.15, 0.2) is 24.6 Å². The van der Waals surface area contributed by atoms with Crippen LogP contribution in [-0.2, 0) is 68.5 Å². The quantitative estimate of drug-likeness (QED) is 0.0948. The third-order valence-corrected chi connectivity index (χ3v) is 7.62. The maximum absolute atomic E-state index is 14.0. The molecule has 1 saturated heterocycles. The number of rotatable bonds is 19. The van der Waals surface area contributed by atoms with E-state index in [1.54, 1.807) is 18.2 Å². The van der Waals surface area contributed by atoms with Crippen molar-refractivity contribution >= 4 is 41.7 Å². The van der Waals surface area contributed by atoms with Gasteiger partial charge >= 0.3 is 35.9 Å². The summed E-state index contributed by atoms with van der Waals surface area (Å²) in [6.45, 7) is 3.25. The van der Waals surface area contributed by atoms with Gasteiger partial charge in [-0.15, -0.1) is 0 Å². The molecule has 3 rings (SSSR count). The van der Waals surface area contributed by atoms with Gasteiger partial charge in [0, 0.05) is 39.8 Å². The van der Waals surface area contributed by atoms with Gasteiger partial charge in [-0.1, -0.05) is 60.7 Å². The summed E-state index contributed by atoms with van der Waals surface area (Å²) in [4.78, 5) is 87.3.